The van der Waals surface area contributed by atoms with Crippen molar-refractivity contribution in [1.29, 1.82) is 0 Å². The zero-order valence-electron chi connectivity index (χ0n) is 7.99. The minimum absolute atomic E-state index is 0.0943. The Labute approximate surface area is 78.9 Å². The molecule has 0 saturated carbocycles. The summed E-state index contributed by atoms with van der Waals surface area (Å²) in [5.74, 6) is 1.06. The normalized spacial score (nSPS) is 33.7. The second kappa shape index (κ2) is 3.54. The van der Waals surface area contributed by atoms with Crippen LogP contribution in [0, 0.1) is 0 Å². The van der Waals surface area contributed by atoms with Crippen LogP contribution in [0.1, 0.15) is 32.6 Å². The number of aliphatic hydroxyl groups excluding tert-OH is 1. The molecule has 2 aliphatic rings. The Hall–Kier alpha value is -0.760. The molecule has 2 heteroatoms. The highest BCUT2D eigenvalue weighted by atomic mass is 16.5. The lowest BCUT2D eigenvalue weighted by Gasteiger charge is -2.27. The molecule has 0 spiro atoms. The minimum atomic E-state index is -0.257. The predicted octanol–water partition coefficient (Wildman–Crippen LogP) is 2.15. The van der Waals surface area contributed by atoms with Gasteiger partial charge in [0.25, 0.3) is 0 Å². The monoisotopic (exact) mass is 180 g/mol. The third-order valence-electron chi connectivity index (χ3n) is 2.77. The Morgan fingerprint density at radius 2 is 2.31 bits per heavy atom. The molecule has 2 nitrogen and oxygen atoms in total. The number of allylic oxidation sites excluding steroid dienone is 2. The third-order valence-corrected chi connectivity index (χ3v) is 2.77. The van der Waals surface area contributed by atoms with Crippen LogP contribution in [-0.2, 0) is 4.74 Å². The van der Waals surface area contributed by atoms with Crippen LogP contribution in [0.5, 0.6) is 0 Å². The number of aliphatic hydroxyl groups is 1. The lowest BCUT2D eigenvalue weighted by Crippen LogP contribution is -2.26. The van der Waals surface area contributed by atoms with Gasteiger partial charge in [-0.15, -0.1) is 0 Å². The molecular formula is C11H16O2. The van der Waals surface area contributed by atoms with Gasteiger partial charge in [0, 0.05) is 12.8 Å². The average molecular weight is 180 g/mol. The van der Waals surface area contributed by atoms with Crippen molar-refractivity contribution < 1.29 is 9.84 Å². The molecule has 2 atom stereocenters. The van der Waals surface area contributed by atoms with Crippen molar-refractivity contribution in [3.63, 3.8) is 0 Å². The van der Waals surface area contributed by atoms with Gasteiger partial charge in [-0.1, -0.05) is 6.08 Å². The molecule has 1 heterocycles. The highest BCUT2D eigenvalue weighted by molar-refractivity contribution is 5.22. The Morgan fingerprint density at radius 1 is 1.46 bits per heavy atom. The lowest BCUT2D eigenvalue weighted by molar-refractivity contribution is 0.0626. The molecule has 2 rings (SSSR count). The second-order valence-electron chi connectivity index (χ2n) is 3.74. The summed E-state index contributed by atoms with van der Waals surface area (Å²) in [6, 6.07) is 0. The molecule has 2 unspecified atom stereocenters. The minimum Gasteiger partial charge on any atom is -0.491 e. The molecule has 0 aromatic rings. The maximum absolute atomic E-state index is 9.80. The van der Waals surface area contributed by atoms with Crippen molar-refractivity contribution in [3.05, 3.63) is 23.5 Å². The quantitative estimate of drug-likeness (QED) is 0.626. The number of ether oxygens (including phenoxy) is 1. The van der Waals surface area contributed by atoms with Crippen molar-refractivity contribution in [3.8, 4) is 0 Å². The molecule has 0 bridgehead atoms. The molecule has 1 aliphatic heterocycles. The standard InChI is InChI=1S/C11H16O2/c1-2-4-8-7-10(12)9-5-3-6-11(9)13-8/h2,4,8,10,12H,3,5-7H2,1H3/b4-2+. The van der Waals surface area contributed by atoms with E-state index < -0.39 is 0 Å². The summed E-state index contributed by atoms with van der Waals surface area (Å²) < 4.78 is 5.75. The van der Waals surface area contributed by atoms with Crippen molar-refractivity contribution in [2.45, 2.75) is 44.8 Å². The highest BCUT2D eigenvalue weighted by Gasteiger charge is 2.30. The molecule has 0 fully saturated rings. The highest BCUT2D eigenvalue weighted by Crippen LogP contribution is 2.36. The van der Waals surface area contributed by atoms with Crippen LogP contribution in [-0.4, -0.2) is 17.3 Å². The maximum Gasteiger partial charge on any atom is 0.119 e. The van der Waals surface area contributed by atoms with Gasteiger partial charge in [-0.25, -0.2) is 0 Å². The molecule has 72 valence electrons. The summed E-state index contributed by atoms with van der Waals surface area (Å²) in [7, 11) is 0. The summed E-state index contributed by atoms with van der Waals surface area (Å²) in [6.45, 7) is 1.98. The fourth-order valence-electron chi connectivity index (χ4n) is 2.15. The van der Waals surface area contributed by atoms with Crippen LogP contribution in [0.3, 0.4) is 0 Å². The van der Waals surface area contributed by atoms with Crippen LogP contribution >= 0.6 is 0 Å². The van der Waals surface area contributed by atoms with Crippen molar-refractivity contribution in [2.24, 2.45) is 0 Å². The Morgan fingerprint density at radius 3 is 3.08 bits per heavy atom. The van der Waals surface area contributed by atoms with E-state index in [0.29, 0.717) is 0 Å². The van der Waals surface area contributed by atoms with E-state index in [1.807, 2.05) is 19.1 Å². The lowest BCUT2D eigenvalue weighted by atomic mass is 10.00. The van der Waals surface area contributed by atoms with Crippen molar-refractivity contribution in [2.75, 3.05) is 0 Å². The Kier molecular flexibility index (Phi) is 2.40. The largest absolute Gasteiger partial charge is 0.491 e. The molecule has 0 aromatic carbocycles. The van der Waals surface area contributed by atoms with E-state index in [1.54, 1.807) is 0 Å². The Bertz CT molecular complexity index is 253. The van der Waals surface area contributed by atoms with Crippen LogP contribution in [0.4, 0.5) is 0 Å². The fourth-order valence-corrected chi connectivity index (χ4v) is 2.15. The van der Waals surface area contributed by atoms with E-state index in [9.17, 15) is 5.11 Å². The van der Waals surface area contributed by atoms with Gasteiger partial charge in [0.15, 0.2) is 0 Å². The van der Waals surface area contributed by atoms with Crippen LogP contribution < -0.4 is 0 Å². The topological polar surface area (TPSA) is 29.5 Å². The van der Waals surface area contributed by atoms with Gasteiger partial charge in [0.1, 0.15) is 6.10 Å². The zero-order valence-corrected chi connectivity index (χ0v) is 7.99. The van der Waals surface area contributed by atoms with E-state index in [-0.39, 0.29) is 12.2 Å². The molecule has 0 saturated heterocycles. The fraction of sp³-hybridized carbons (Fsp3) is 0.636. The first kappa shape index (κ1) is 8.82. The maximum atomic E-state index is 9.80. The smallest absolute Gasteiger partial charge is 0.119 e. The SMILES string of the molecule is C/C=C/C1CC(O)C2=C(CCC2)O1. The van der Waals surface area contributed by atoms with Crippen LogP contribution in [0.15, 0.2) is 23.5 Å². The van der Waals surface area contributed by atoms with Crippen molar-refractivity contribution >= 4 is 0 Å². The molecule has 1 aliphatic carbocycles. The zero-order chi connectivity index (χ0) is 9.26. The molecule has 0 aromatic heterocycles. The summed E-state index contributed by atoms with van der Waals surface area (Å²) >= 11 is 0. The van der Waals surface area contributed by atoms with E-state index in [4.69, 9.17) is 4.74 Å². The van der Waals surface area contributed by atoms with Gasteiger partial charge in [0.05, 0.1) is 11.9 Å². The van der Waals surface area contributed by atoms with Crippen molar-refractivity contribution in [1.82, 2.24) is 0 Å². The van der Waals surface area contributed by atoms with E-state index in [0.717, 1.165) is 37.0 Å². The van der Waals surface area contributed by atoms with Gasteiger partial charge in [-0.2, -0.15) is 0 Å². The number of rotatable bonds is 1. The first-order chi connectivity index (χ1) is 6.31. The Balaban J connectivity index is 2.13. The predicted molar refractivity (Wildman–Crippen MR) is 51.2 cm³/mol. The van der Waals surface area contributed by atoms with E-state index >= 15 is 0 Å². The molecule has 13 heavy (non-hydrogen) atoms. The first-order valence-corrected chi connectivity index (χ1v) is 5.00. The molecular weight excluding hydrogens is 164 g/mol. The second-order valence-corrected chi connectivity index (χ2v) is 3.74. The molecule has 0 radical (unpaired) electrons. The number of hydrogen-bond acceptors (Lipinski definition) is 2. The molecule has 0 amide bonds. The number of hydrogen-bond donors (Lipinski definition) is 1. The summed E-state index contributed by atoms with van der Waals surface area (Å²) in [4.78, 5) is 0. The molecule has 1 N–H and O–H groups in total. The van der Waals surface area contributed by atoms with Gasteiger partial charge in [-0.3, -0.25) is 0 Å². The first-order valence-electron chi connectivity index (χ1n) is 5.00. The third kappa shape index (κ3) is 1.63. The van der Waals surface area contributed by atoms with E-state index in [1.165, 1.54) is 0 Å². The van der Waals surface area contributed by atoms with Gasteiger partial charge in [-0.05, 0) is 31.4 Å². The van der Waals surface area contributed by atoms with Gasteiger partial charge in [0.2, 0.25) is 0 Å². The van der Waals surface area contributed by atoms with Gasteiger partial charge >= 0.3 is 0 Å². The summed E-state index contributed by atoms with van der Waals surface area (Å²) in [5, 5.41) is 9.80. The summed E-state index contributed by atoms with van der Waals surface area (Å²) in [6.07, 6.45) is 7.75. The average Bonchev–Trinajstić information content (AvgIpc) is 2.53. The van der Waals surface area contributed by atoms with Crippen LogP contribution in [0.25, 0.3) is 0 Å². The van der Waals surface area contributed by atoms with E-state index in [2.05, 4.69) is 0 Å². The van der Waals surface area contributed by atoms with Crippen LogP contribution in [0.2, 0.25) is 0 Å². The summed E-state index contributed by atoms with van der Waals surface area (Å²) in [5.41, 5.74) is 1.15. The van der Waals surface area contributed by atoms with Gasteiger partial charge < -0.3 is 9.84 Å².